The summed E-state index contributed by atoms with van der Waals surface area (Å²) in [5.74, 6) is 0. The van der Waals surface area contributed by atoms with Crippen molar-refractivity contribution in [3.63, 3.8) is 0 Å². The first kappa shape index (κ1) is 12.0. The van der Waals surface area contributed by atoms with Crippen LogP contribution in [0.5, 0.6) is 0 Å². The van der Waals surface area contributed by atoms with Crippen LogP contribution in [-0.4, -0.2) is 9.97 Å². The Hall–Kier alpha value is -3.46. The number of benzene rings is 2. The van der Waals surface area contributed by atoms with Crippen molar-refractivity contribution in [2.45, 2.75) is 6.85 Å². The van der Waals surface area contributed by atoms with Gasteiger partial charge in [0.15, 0.2) is 0 Å². The van der Waals surface area contributed by atoms with Crippen LogP contribution in [0.3, 0.4) is 0 Å². The van der Waals surface area contributed by atoms with Gasteiger partial charge in [-0.05, 0) is 48.3 Å². The highest BCUT2D eigenvalue weighted by Gasteiger charge is 2.14. The van der Waals surface area contributed by atoms with E-state index in [9.17, 15) is 0 Å². The Bertz CT molecular complexity index is 1340. The summed E-state index contributed by atoms with van der Waals surface area (Å²) >= 11 is 0. The topological polar surface area (TPSA) is 38.9 Å². The van der Waals surface area contributed by atoms with E-state index in [1.54, 1.807) is 12.3 Å². The monoisotopic (exact) mass is 339 g/mol. The van der Waals surface area contributed by atoms with Crippen LogP contribution in [0.15, 0.2) is 83.4 Å². The zero-order valence-corrected chi connectivity index (χ0v) is 13.8. The number of fused-ring (bicyclic) bond motifs is 3. The second kappa shape index (κ2) is 5.81. The van der Waals surface area contributed by atoms with Crippen LogP contribution in [0.4, 0.5) is 0 Å². The van der Waals surface area contributed by atoms with E-state index in [0.29, 0.717) is 11.3 Å². The maximum atomic E-state index is 7.58. The van der Waals surface area contributed by atoms with Crippen LogP contribution in [0.1, 0.15) is 9.81 Å². The van der Waals surface area contributed by atoms with Crippen molar-refractivity contribution >= 4 is 22.1 Å². The molecule has 0 bridgehead atoms. The molecule has 3 heterocycles. The van der Waals surface area contributed by atoms with Crippen LogP contribution in [0.25, 0.3) is 44.5 Å². The molecule has 0 saturated heterocycles. The van der Waals surface area contributed by atoms with Crippen molar-refractivity contribution in [3.8, 4) is 22.4 Å². The molecule has 0 radical (unpaired) electrons. The molecule has 0 atom stereocenters. The van der Waals surface area contributed by atoms with Crippen LogP contribution < -0.4 is 0 Å². The molecular weight excluding hydrogens is 320 g/mol. The maximum absolute atomic E-state index is 7.58. The third-order valence-electron chi connectivity index (χ3n) is 4.51. The van der Waals surface area contributed by atoms with Crippen molar-refractivity contribution in [2.75, 3.05) is 0 Å². The van der Waals surface area contributed by atoms with Crippen molar-refractivity contribution in [3.05, 3.63) is 84.7 Å². The first-order valence-corrected chi connectivity index (χ1v) is 8.35. The highest BCUT2D eigenvalue weighted by atomic mass is 16.3. The van der Waals surface area contributed by atoms with E-state index in [1.165, 1.54) is 6.07 Å². The van der Waals surface area contributed by atoms with Crippen LogP contribution in [-0.2, 0) is 0 Å². The van der Waals surface area contributed by atoms with Crippen LogP contribution in [0.2, 0.25) is 0 Å². The van der Waals surface area contributed by atoms with Gasteiger partial charge in [0.05, 0.1) is 5.69 Å². The number of hydrogen-bond donors (Lipinski definition) is 0. The SMILES string of the molecule is [2H]C([2H])([2H])c1ccc2c(n1)oc1c(-c3cc(-c4ccccc4)ccn3)cccc12. The number of furan rings is 1. The molecule has 0 aliphatic carbocycles. The third kappa shape index (κ3) is 2.37. The van der Waals surface area contributed by atoms with Gasteiger partial charge in [-0.2, -0.15) is 0 Å². The molecule has 3 nitrogen and oxygen atoms in total. The molecule has 3 heteroatoms. The predicted octanol–water partition coefficient (Wildman–Crippen LogP) is 6.02. The lowest BCUT2D eigenvalue weighted by Gasteiger charge is -2.05. The van der Waals surface area contributed by atoms with Gasteiger partial charge in [0.25, 0.3) is 0 Å². The zero-order chi connectivity index (χ0) is 20.0. The van der Waals surface area contributed by atoms with Crippen molar-refractivity contribution in [1.82, 2.24) is 9.97 Å². The van der Waals surface area contributed by atoms with Gasteiger partial charge in [-0.25, -0.2) is 4.98 Å². The van der Waals surface area contributed by atoms with Gasteiger partial charge < -0.3 is 4.42 Å². The molecule has 3 aromatic heterocycles. The number of nitrogens with zero attached hydrogens (tertiary/aromatic N) is 2. The Morgan fingerprint density at radius 3 is 2.65 bits per heavy atom. The quantitative estimate of drug-likeness (QED) is 0.395. The predicted molar refractivity (Wildman–Crippen MR) is 105 cm³/mol. The average Bonchev–Trinajstić information content (AvgIpc) is 3.12. The highest BCUT2D eigenvalue weighted by Crippen LogP contribution is 2.35. The Labute approximate surface area is 155 Å². The highest BCUT2D eigenvalue weighted by molar-refractivity contribution is 6.08. The smallest absolute Gasteiger partial charge is 0.227 e. The van der Waals surface area contributed by atoms with E-state index in [1.807, 2.05) is 48.5 Å². The number of aromatic nitrogens is 2. The van der Waals surface area contributed by atoms with Gasteiger partial charge in [-0.1, -0.05) is 42.5 Å². The van der Waals surface area contributed by atoms with Gasteiger partial charge >= 0.3 is 0 Å². The average molecular weight is 339 g/mol. The summed E-state index contributed by atoms with van der Waals surface area (Å²) in [4.78, 5) is 8.78. The fraction of sp³-hybridized carbons (Fsp3) is 0.0435. The summed E-state index contributed by atoms with van der Waals surface area (Å²) in [5, 5.41) is 1.67. The molecule has 0 N–H and O–H groups in total. The molecule has 2 aromatic carbocycles. The van der Waals surface area contributed by atoms with Gasteiger partial charge in [0.1, 0.15) is 5.58 Å². The van der Waals surface area contributed by atoms with Crippen LogP contribution >= 0.6 is 0 Å². The third-order valence-corrected chi connectivity index (χ3v) is 4.51. The molecule has 124 valence electrons. The number of rotatable bonds is 2. The fourth-order valence-electron chi connectivity index (χ4n) is 3.27. The van der Waals surface area contributed by atoms with E-state index in [0.717, 1.165) is 33.2 Å². The molecule has 0 aliphatic heterocycles. The largest absolute Gasteiger partial charge is 0.437 e. The Balaban J connectivity index is 1.70. The number of para-hydroxylation sites is 1. The van der Waals surface area contributed by atoms with Gasteiger partial charge in [0, 0.05) is 32.3 Å². The lowest BCUT2D eigenvalue weighted by atomic mass is 10.0. The van der Waals surface area contributed by atoms with E-state index in [4.69, 9.17) is 8.53 Å². The van der Waals surface area contributed by atoms with Crippen molar-refractivity contribution in [1.29, 1.82) is 0 Å². The molecule has 0 fully saturated rings. The van der Waals surface area contributed by atoms with E-state index in [-0.39, 0.29) is 5.69 Å². The molecule has 0 aliphatic rings. The first-order chi connectivity index (χ1) is 14.0. The minimum Gasteiger partial charge on any atom is -0.437 e. The van der Waals surface area contributed by atoms with Gasteiger partial charge in [-0.3, -0.25) is 4.98 Å². The molecular formula is C23H16N2O. The summed E-state index contributed by atoms with van der Waals surface area (Å²) in [7, 11) is 0. The van der Waals surface area contributed by atoms with Gasteiger partial charge in [-0.15, -0.1) is 0 Å². The normalized spacial score (nSPS) is 13.5. The molecule has 26 heavy (non-hydrogen) atoms. The Morgan fingerprint density at radius 1 is 0.846 bits per heavy atom. The number of hydrogen-bond acceptors (Lipinski definition) is 3. The minimum absolute atomic E-state index is 0.0230. The zero-order valence-electron chi connectivity index (χ0n) is 16.8. The first-order valence-electron chi connectivity index (χ1n) is 9.85. The summed E-state index contributed by atoms with van der Waals surface area (Å²) in [6.45, 7) is -2.28. The second-order valence-electron chi connectivity index (χ2n) is 6.13. The molecule has 0 saturated carbocycles. The minimum atomic E-state index is -2.28. The second-order valence-corrected chi connectivity index (χ2v) is 6.13. The summed E-state index contributed by atoms with van der Waals surface area (Å²) in [6.07, 6.45) is 1.78. The number of pyridine rings is 2. The van der Waals surface area contributed by atoms with E-state index >= 15 is 0 Å². The molecule has 0 amide bonds. The van der Waals surface area contributed by atoms with Crippen molar-refractivity contribution < 1.29 is 8.53 Å². The van der Waals surface area contributed by atoms with Crippen LogP contribution in [0, 0.1) is 6.85 Å². The Kier molecular flexibility index (Phi) is 2.68. The summed E-state index contributed by atoms with van der Waals surface area (Å²) in [6, 6.07) is 23.2. The standard InChI is InChI=1S/C23H16N2O/c1-15-10-11-19-18-8-5-9-20(22(18)26-23(19)25-15)21-14-17(12-13-24-21)16-6-3-2-4-7-16/h2-14H,1H3/i1D3. The van der Waals surface area contributed by atoms with E-state index < -0.39 is 6.85 Å². The Morgan fingerprint density at radius 2 is 1.77 bits per heavy atom. The lowest BCUT2D eigenvalue weighted by Crippen LogP contribution is -1.86. The molecule has 0 spiro atoms. The van der Waals surface area contributed by atoms with Gasteiger partial charge in [0.2, 0.25) is 5.71 Å². The molecule has 5 aromatic rings. The molecule has 0 unspecified atom stereocenters. The maximum Gasteiger partial charge on any atom is 0.227 e. The van der Waals surface area contributed by atoms with Crippen molar-refractivity contribution in [2.24, 2.45) is 0 Å². The molecule has 5 rings (SSSR count). The summed E-state index contributed by atoms with van der Waals surface area (Å²) in [5.41, 5.74) is 4.79. The fourth-order valence-corrected chi connectivity index (χ4v) is 3.27. The summed E-state index contributed by atoms with van der Waals surface area (Å²) < 4.78 is 28.8. The number of aryl methyl sites for hydroxylation is 1. The lowest BCUT2D eigenvalue weighted by molar-refractivity contribution is 0.653. The van der Waals surface area contributed by atoms with E-state index in [2.05, 4.69) is 22.1 Å².